The zero-order valence-corrected chi connectivity index (χ0v) is 15.7. The molecule has 0 saturated heterocycles. The Morgan fingerprint density at radius 1 is 1.31 bits per heavy atom. The summed E-state index contributed by atoms with van der Waals surface area (Å²) in [4.78, 5) is 26.8. The highest BCUT2D eigenvalue weighted by molar-refractivity contribution is 7.16. The fourth-order valence-electron chi connectivity index (χ4n) is 3.06. The van der Waals surface area contributed by atoms with Crippen molar-refractivity contribution >= 4 is 28.1 Å². The lowest BCUT2D eigenvalue weighted by atomic mass is 10.0. The molecule has 7 nitrogen and oxygen atoms in total. The lowest BCUT2D eigenvalue weighted by Gasteiger charge is -2.25. The predicted octanol–water partition coefficient (Wildman–Crippen LogP) is 4.05. The van der Waals surface area contributed by atoms with Crippen molar-refractivity contribution in [2.24, 2.45) is 5.18 Å². The number of hydrogen-bond acceptors (Lipinski definition) is 6. The van der Waals surface area contributed by atoms with Gasteiger partial charge in [0.05, 0.1) is 7.11 Å². The van der Waals surface area contributed by atoms with Gasteiger partial charge in [0.1, 0.15) is 17.3 Å². The first-order valence-electron chi connectivity index (χ1n) is 8.51. The molecule has 2 heterocycles. The third kappa shape index (κ3) is 4.03. The Labute approximate surface area is 156 Å². The molecule has 1 aliphatic heterocycles. The normalized spacial score (nSPS) is 13.8. The van der Waals surface area contributed by atoms with Gasteiger partial charge >= 0.3 is 6.03 Å². The van der Waals surface area contributed by atoms with Gasteiger partial charge in [0.25, 0.3) is 0 Å². The van der Waals surface area contributed by atoms with Gasteiger partial charge < -0.3 is 10.1 Å². The van der Waals surface area contributed by atoms with Gasteiger partial charge in [-0.15, -0.1) is 11.3 Å². The second kappa shape index (κ2) is 8.29. The third-order valence-corrected chi connectivity index (χ3v) is 5.66. The molecule has 0 bridgehead atoms. The number of nitrogens with zero attached hydrogens (tertiary/aromatic N) is 2. The Balaban J connectivity index is 1.74. The van der Waals surface area contributed by atoms with Gasteiger partial charge in [-0.3, -0.25) is 10.2 Å². The van der Waals surface area contributed by atoms with Crippen LogP contribution >= 0.6 is 11.3 Å². The maximum atomic E-state index is 12.4. The number of fused-ring (bicyclic) bond motifs is 1. The Bertz CT molecular complexity index is 788. The highest BCUT2D eigenvalue weighted by atomic mass is 32.1. The van der Waals surface area contributed by atoms with E-state index in [1.165, 1.54) is 21.8 Å². The first kappa shape index (κ1) is 18.3. The largest absolute Gasteiger partial charge is 0.497 e. The lowest BCUT2D eigenvalue weighted by Crippen LogP contribution is -2.29. The fraction of sp³-hybridized carbons (Fsp3) is 0.389. The number of anilines is 2. The van der Waals surface area contributed by atoms with E-state index in [1.54, 1.807) is 31.4 Å². The average Bonchev–Trinajstić information content (AvgIpc) is 2.98. The van der Waals surface area contributed by atoms with Crippen molar-refractivity contribution in [3.63, 3.8) is 0 Å². The molecule has 0 unspecified atom stereocenters. The number of carbonyl (C=O) groups excluding carboxylic acids is 1. The molecule has 2 N–H and O–H groups in total. The third-order valence-electron chi connectivity index (χ3n) is 4.49. The van der Waals surface area contributed by atoms with Gasteiger partial charge in [0.15, 0.2) is 0 Å². The highest BCUT2D eigenvalue weighted by Gasteiger charge is 2.24. The number of nitrogens with one attached hydrogen (secondary N) is 2. The van der Waals surface area contributed by atoms with Crippen LogP contribution in [-0.4, -0.2) is 31.1 Å². The molecule has 138 valence electrons. The SMILES string of the molecule is CCN1CCc2c(sc(NC(=O)Nc3ccc(OC)cc3)c2CN=O)C1. The smallest absolute Gasteiger partial charge is 0.324 e. The van der Waals surface area contributed by atoms with Gasteiger partial charge in [-0.1, -0.05) is 12.1 Å². The lowest BCUT2D eigenvalue weighted by molar-refractivity contribution is 0.262. The van der Waals surface area contributed by atoms with Crippen LogP contribution in [0.15, 0.2) is 29.4 Å². The summed E-state index contributed by atoms with van der Waals surface area (Å²) < 4.78 is 5.11. The number of likely N-dealkylation sites (N-methyl/N-ethyl adjacent to an activating group) is 1. The summed E-state index contributed by atoms with van der Waals surface area (Å²) in [5.74, 6) is 0.724. The van der Waals surface area contributed by atoms with E-state index < -0.39 is 0 Å². The molecule has 26 heavy (non-hydrogen) atoms. The number of carbonyl (C=O) groups is 1. The summed E-state index contributed by atoms with van der Waals surface area (Å²) in [5.41, 5.74) is 2.68. The van der Waals surface area contributed by atoms with E-state index in [9.17, 15) is 9.70 Å². The fourth-order valence-corrected chi connectivity index (χ4v) is 4.36. The maximum Gasteiger partial charge on any atom is 0.324 e. The average molecular weight is 374 g/mol. The van der Waals surface area contributed by atoms with Crippen molar-refractivity contribution in [2.45, 2.75) is 26.4 Å². The summed E-state index contributed by atoms with van der Waals surface area (Å²) in [7, 11) is 1.59. The molecule has 1 aromatic heterocycles. The zero-order valence-electron chi connectivity index (χ0n) is 14.9. The summed E-state index contributed by atoms with van der Waals surface area (Å²) in [6.07, 6.45) is 0.881. The number of amides is 2. The van der Waals surface area contributed by atoms with Crippen molar-refractivity contribution in [3.05, 3.63) is 45.2 Å². The van der Waals surface area contributed by atoms with Crippen LogP contribution in [0.2, 0.25) is 0 Å². The van der Waals surface area contributed by atoms with Crippen molar-refractivity contribution in [1.82, 2.24) is 4.90 Å². The number of urea groups is 1. The highest BCUT2D eigenvalue weighted by Crippen LogP contribution is 2.37. The van der Waals surface area contributed by atoms with E-state index in [0.717, 1.165) is 37.4 Å². The quantitative estimate of drug-likeness (QED) is 0.748. The first-order valence-corrected chi connectivity index (χ1v) is 9.33. The molecule has 8 heteroatoms. The second-order valence-corrected chi connectivity index (χ2v) is 7.13. The minimum Gasteiger partial charge on any atom is -0.497 e. The van der Waals surface area contributed by atoms with Crippen LogP contribution in [0.4, 0.5) is 15.5 Å². The zero-order chi connectivity index (χ0) is 18.5. The topological polar surface area (TPSA) is 83.0 Å². The number of rotatable bonds is 6. The molecule has 0 saturated carbocycles. The molecule has 0 atom stereocenters. The summed E-state index contributed by atoms with van der Waals surface area (Å²) >= 11 is 1.53. The van der Waals surface area contributed by atoms with Crippen LogP contribution in [0.25, 0.3) is 0 Å². The Morgan fingerprint density at radius 2 is 2.08 bits per heavy atom. The van der Waals surface area contributed by atoms with Gasteiger partial charge in [0.2, 0.25) is 0 Å². The molecular formula is C18H22N4O3S. The summed E-state index contributed by atoms with van der Waals surface area (Å²) in [5, 5.41) is 9.44. The first-order chi connectivity index (χ1) is 12.6. The molecule has 2 amide bonds. The van der Waals surface area contributed by atoms with Crippen LogP contribution < -0.4 is 15.4 Å². The Hall–Kier alpha value is -2.45. The summed E-state index contributed by atoms with van der Waals surface area (Å²) in [6.45, 7) is 5.01. The van der Waals surface area contributed by atoms with E-state index in [0.29, 0.717) is 10.7 Å². The molecule has 1 aromatic carbocycles. The van der Waals surface area contributed by atoms with Gasteiger partial charge in [-0.05, 0) is 42.8 Å². The van der Waals surface area contributed by atoms with Crippen LogP contribution in [0.5, 0.6) is 5.75 Å². The van der Waals surface area contributed by atoms with E-state index >= 15 is 0 Å². The van der Waals surface area contributed by atoms with Crippen LogP contribution in [0.3, 0.4) is 0 Å². The van der Waals surface area contributed by atoms with E-state index in [1.807, 2.05) is 0 Å². The van der Waals surface area contributed by atoms with E-state index in [4.69, 9.17) is 4.74 Å². The molecule has 0 spiro atoms. The van der Waals surface area contributed by atoms with Gasteiger partial charge in [0, 0.05) is 29.2 Å². The number of benzene rings is 1. The minimum atomic E-state index is -0.340. The van der Waals surface area contributed by atoms with Crippen molar-refractivity contribution in [2.75, 3.05) is 30.8 Å². The second-order valence-electron chi connectivity index (χ2n) is 6.03. The molecule has 0 fully saturated rings. The van der Waals surface area contributed by atoms with E-state index in [2.05, 4.69) is 27.6 Å². The number of nitroso groups, excluding NO2 is 1. The summed E-state index contributed by atoms with van der Waals surface area (Å²) in [6, 6.07) is 6.75. The number of ether oxygens (including phenoxy) is 1. The maximum absolute atomic E-state index is 12.4. The number of thiophene rings is 1. The van der Waals surface area contributed by atoms with Gasteiger partial charge in [-0.25, -0.2) is 4.79 Å². The standard InChI is InChI=1S/C18H22N4O3S/c1-3-22-9-8-14-15(10-19-24)17(26-16(14)11-22)21-18(23)20-12-4-6-13(25-2)7-5-12/h4-7H,3,8-11H2,1-2H3,(H2,20,21,23). The van der Waals surface area contributed by atoms with Gasteiger partial charge in [-0.2, -0.15) is 4.91 Å². The monoisotopic (exact) mass is 374 g/mol. The Kier molecular flexibility index (Phi) is 5.85. The van der Waals surface area contributed by atoms with E-state index in [-0.39, 0.29) is 12.6 Å². The molecule has 1 aliphatic rings. The molecule has 3 rings (SSSR count). The molecule has 0 aliphatic carbocycles. The Morgan fingerprint density at radius 3 is 2.73 bits per heavy atom. The van der Waals surface area contributed by atoms with Crippen molar-refractivity contribution in [3.8, 4) is 5.75 Å². The van der Waals surface area contributed by atoms with Crippen molar-refractivity contribution in [1.29, 1.82) is 0 Å². The van der Waals surface area contributed by atoms with Crippen molar-refractivity contribution < 1.29 is 9.53 Å². The molecular weight excluding hydrogens is 352 g/mol. The van der Waals surface area contributed by atoms with Crippen LogP contribution in [0, 0.1) is 4.91 Å². The van der Waals surface area contributed by atoms with Crippen LogP contribution in [-0.2, 0) is 19.5 Å². The van der Waals surface area contributed by atoms with Crippen LogP contribution in [0.1, 0.15) is 22.9 Å². The molecule has 0 radical (unpaired) electrons. The number of methoxy groups -OCH3 is 1. The number of hydrogen-bond donors (Lipinski definition) is 2. The minimum absolute atomic E-state index is 0.0795. The predicted molar refractivity (Wildman–Crippen MR) is 104 cm³/mol. The molecule has 2 aromatic rings.